The lowest BCUT2D eigenvalue weighted by Gasteiger charge is -2.07. The summed E-state index contributed by atoms with van der Waals surface area (Å²) in [5, 5.41) is 0. The Labute approximate surface area is 102 Å². The van der Waals surface area contributed by atoms with Crippen molar-refractivity contribution < 1.29 is 9.13 Å². The van der Waals surface area contributed by atoms with Crippen molar-refractivity contribution in [3.8, 4) is 17.0 Å². The van der Waals surface area contributed by atoms with Gasteiger partial charge in [0.25, 0.3) is 0 Å². The van der Waals surface area contributed by atoms with Crippen LogP contribution in [0.15, 0.2) is 35.3 Å². The number of H-pyrrole nitrogens is 1. The molecule has 1 aliphatic rings. The summed E-state index contributed by atoms with van der Waals surface area (Å²) in [5.74, 6) is 0.130. The van der Waals surface area contributed by atoms with E-state index >= 15 is 0 Å². The summed E-state index contributed by atoms with van der Waals surface area (Å²) >= 11 is 0. The molecule has 18 heavy (non-hydrogen) atoms. The van der Waals surface area contributed by atoms with Crippen molar-refractivity contribution in [2.75, 3.05) is 0 Å². The van der Waals surface area contributed by atoms with Crippen LogP contribution < -0.4 is 10.4 Å². The van der Waals surface area contributed by atoms with Gasteiger partial charge in [0, 0.05) is 5.56 Å². The minimum atomic E-state index is -0.570. The summed E-state index contributed by atoms with van der Waals surface area (Å²) in [6.07, 6.45) is 3.32. The Balaban J connectivity index is 1.99. The normalized spacial score (nSPS) is 14.5. The summed E-state index contributed by atoms with van der Waals surface area (Å²) in [4.78, 5) is 16.8. The molecule has 1 saturated carbocycles. The van der Waals surface area contributed by atoms with Gasteiger partial charge in [-0.15, -0.1) is 0 Å². The Kier molecular flexibility index (Phi) is 2.59. The second kappa shape index (κ2) is 4.25. The molecule has 3 rings (SSSR count). The number of nitrogens with zero attached hydrogens (tertiary/aromatic N) is 1. The van der Waals surface area contributed by atoms with Crippen molar-refractivity contribution in [2.45, 2.75) is 18.9 Å². The first-order valence-electron chi connectivity index (χ1n) is 5.74. The highest BCUT2D eigenvalue weighted by atomic mass is 19.1. The summed E-state index contributed by atoms with van der Waals surface area (Å²) < 4.78 is 19.2. The fraction of sp³-hybridized carbons (Fsp3) is 0.231. The van der Waals surface area contributed by atoms with Gasteiger partial charge in [-0.1, -0.05) is 12.1 Å². The van der Waals surface area contributed by atoms with Crippen LogP contribution in [0.4, 0.5) is 4.39 Å². The molecule has 5 heteroatoms. The fourth-order valence-corrected chi connectivity index (χ4v) is 1.69. The number of hydrogen-bond donors (Lipinski definition) is 1. The van der Waals surface area contributed by atoms with Gasteiger partial charge in [-0.25, -0.2) is 9.18 Å². The van der Waals surface area contributed by atoms with E-state index in [9.17, 15) is 9.18 Å². The van der Waals surface area contributed by atoms with E-state index in [2.05, 4.69) is 9.97 Å². The number of halogens is 1. The first-order valence-corrected chi connectivity index (χ1v) is 5.74. The van der Waals surface area contributed by atoms with Crippen molar-refractivity contribution in [2.24, 2.45) is 0 Å². The SMILES string of the molecule is O=c1ncc(F)c(-c2cccc(OC3CC3)c2)[nH]1. The van der Waals surface area contributed by atoms with Crippen LogP contribution >= 0.6 is 0 Å². The molecule has 0 bridgehead atoms. The smallest absolute Gasteiger partial charge is 0.345 e. The Morgan fingerprint density at radius 2 is 2.22 bits per heavy atom. The zero-order valence-electron chi connectivity index (χ0n) is 9.52. The third kappa shape index (κ3) is 2.25. The van der Waals surface area contributed by atoms with Gasteiger partial charge in [0.1, 0.15) is 5.75 Å². The van der Waals surface area contributed by atoms with Crippen LogP contribution in [0.2, 0.25) is 0 Å². The molecule has 1 N–H and O–H groups in total. The fourth-order valence-electron chi connectivity index (χ4n) is 1.69. The van der Waals surface area contributed by atoms with Gasteiger partial charge in [-0.3, -0.25) is 0 Å². The van der Waals surface area contributed by atoms with Gasteiger partial charge < -0.3 is 9.72 Å². The van der Waals surface area contributed by atoms with Gasteiger partial charge in [0.05, 0.1) is 18.0 Å². The lowest BCUT2D eigenvalue weighted by Crippen LogP contribution is -2.11. The van der Waals surface area contributed by atoms with E-state index < -0.39 is 11.5 Å². The highest BCUT2D eigenvalue weighted by molar-refractivity contribution is 5.61. The average Bonchev–Trinajstić information content (AvgIpc) is 3.16. The quantitative estimate of drug-likeness (QED) is 0.902. The number of hydrogen-bond acceptors (Lipinski definition) is 3. The van der Waals surface area contributed by atoms with E-state index in [1.165, 1.54) is 0 Å². The van der Waals surface area contributed by atoms with Gasteiger partial charge in [-0.2, -0.15) is 4.98 Å². The van der Waals surface area contributed by atoms with Crippen LogP contribution in [0, 0.1) is 5.82 Å². The Bertz CT molecular complexity index is 635. The molecule has 0 radical (unpaired) electrons. The first kappa shape index (κ1) is 11.0. The van der Waals surface area contributed by atoms with E-state index in [0.29, 0.717) is 11.3 Å². The summed E-state index contributed by atoms with van der Waals surface area (Å²) in [7, 11) is 0. The van der Waals surface area contributed by atoms with Crippen LogP contribution in [0.25, 0.3) is 11.3 Å². The van der Waals surface area contributed by atoms with E-state index in [1.807, 2.05) is 6.07 Å². The van der Waals surface area contributed by atoms with Crippen LogP contribution in [0.5, 0.6) is 5.75 Å². The maximum absolute atomic E-state index is 13.6. The van der Waals surface area contributed by atoms with Crippen molar-refractivity contribution in [3.63, 3.8) is 0 Å². The minimum absolute atomic E-state index is 0.135. The first-order chi connectivity index (χ1) is 8.72. The van der Waals surface area contributed by atoms with E-state index in [4.69, 9.17) is 4.74 Å². The van der Waals surface area contributed by atoms with Crippen LogP contribution in [-0.2, 0) is 0 Å². The molecule has 0 spiro atoms. The minimum Gasteiger partial charge on any atom is -0.490 e. The monoisotopic (exact) mass is 246 g/mol. The summed E-state index contributed by atoms with van der Waals surface area (Å²) in [6, 6.07) is 7.02. The molecule has 1 fully saturated rings. The highest BCUT2D eigenvalue weighted by Gasteiger charge is 2.23. The molecule has 1 aromatic heterocycles. The maximum Gasteiger partial charge on any atom is 0.345 e. The van der Waals surface area contributed by atoms with Crippen molar-refractivity contribution in [3.05, 3.63) is 46.8 Å². The zero-order valence-corrected chi connectivity index (χ0v) is 9.52. The van der Waals surface area contributed by atoms with Crippen LogP contribution in [0.1, 0.15) is 12.8 Å². The molecule has 92 valence electrons. The second-order valence-corrected chi connectivity index (χ2v) is 4.26. The van der Waals surface area contributed by atoms with Gasteiger partial charge >= 0.3 is 5.69 Å². The molecule has 0 atom stereocenters. The second-order valence-electron chi connectivity index (χ2n) is 4.26. The van der Waals surface area contributed by atoms with Crippen molar-refractivity contribution >= 4 is 0 Å². The lowest BCUT2D eigenvalue weighted by molar-refractivity contribution is 0.303. The molecule has 0 aliphatic heterocycles. The Morgan fingerprint density at radius 3 is 3.00 bits per heavy atom. The number of aromatic amines is 1. The highest BCUT2D eigenvalue weighted by Crippen LogP contribution is 2.29. The molecular formula is C13H11FN2O2. The third-order valence-corrected chi connectivity index (χ3v) is 2.72. The summed E-state index contributed by atoms with van der Waals surface area (Å²) in [5.41, 5.74) is 0.140. The number of rotatable bonds is 3. The number of aromatic nitrogens is 2. The largest absolute Gasteiger partial charge is 0.490 e. The number of nitrogens with one attached hydrogen (secondary N) is 1. The average molecular weight is 246 g/mol. The maximum atomic E-state index is 13.6. The van der Waals surface area contributed by atoms with Crippen LogP contribution in [0.3, 0.4) is 0 Å². The predicted octanol–water partition coefficient (Wildman–Crippen LogP) is 2.12. The van der Waals surface area contributed by atoms with E-state index in [0.717, 1.165) is 19.0 Å². The Hall–Kier alpha value is -2.17. The number of ether oxygens (including phenoxy) is 1. The summed E-state index contributed by atoms with van der Waals surface area (Å²) in [6.45, 7) is 0. The van der Waals surface area contributed by atoms with Crippen molar-refractivity contribution in [1.29, 1.82) is 0 Å². The van der Waals surface area contributed by atoms with Crippen molar-refractivity contribution in [1.82, 2.24) is 9.97 Å². The zero-order chi connectivity index (χ0) is 12.5. The molecule has 0 amide bonds. The molecule has 1 aromatic carbocycles. The Morgan fingerprint density at radius 1 is 1.39 bits per heavy atom. The number of benzene rings is 1. The molecule has 4 nitrogen and oxygen atoms in total. The van der Waals surface area contributed by atoms with E-state index in [1.54, 1.807) is 18.2 Å². The molecule has 1 aliphatic carbocycles. The van der Waals surface area contributed by atoms with Gasteiger partial charge in [-0.05, 0) is 25.0 Å². The third-order valence-electron chi connectivity index (χ3n) is 2.72. The topological polar surface area (TPSA) is 55.0 Å². The molecule has 0 unspecified atom stereocenters. The molecule has 0 saturated heterocycles. The van der Waals surface area contributed by atoms with Gasteiger partial charge in [0.2, 0.25) is 0 Å². The molecule has 2 aromatic rings. The molecule has 1 heterocycles. The molecular weight excluding hydrogens is 235 g/mol. The van der Waals surface area contributed by atoms with Gasteiger partial charge in [0.15, 0.2) is 5.82 Å². The standard InChI is InChI=1S/C13H11FN2O2/c14-11-7-15-13(17)16-12(11)8-2-1-3-10(6-8)18-9-4-5-9/h1-3,6-7,9H,4-5H2,(H,15,16,17). The van der Waals surface area contributed by atoms with E-state index in [-0.39, 0.29) is 11.8 Å². The lowest BCUT2D eigenvalue weighted by atomic mass is 10.1. The van der Waals surface area contributed by atoms with Crippen LogP contribution in [-0.4, -0.2) is 16.1 Å². The predicted molar refractivity (Wildman–Crippen MR) is 63.9 cm³/mol.